The van der Waals surface area contributed by atoms with Gasteiger partial charge in [-0.3, -0.25) is 0 Å². The van der Waals surface area contributed by atoms with Crippen LogP contribution in [0.4, 0.5) is 0 Å². The first-order valence-electron chi connectivity index (χ1n) is 3.80. The van der Waals surface area contributed by atoms with Crippen LogP contribution in [0.5, 0.6) is 0 Å². The van der Waals surface area contributed by atoms with E-state index in [9.17, 15) is 0 Å². The molecule has 1 saturated heterocycles. The van der Waals surface area contributed by atoms with Gasteiger partial charge in [0.25, 0.3) is 0 Å². The largest absolute Gasteiger partial charge is 0.316 e. The van der Waals surface area contributed by atoms with Crippen molar-refractivity contribution in [2.75, 3.05) is 13.1 Å². The molecule has 50 valence electrons. The van der Waals surface area contributed by atoms with E-state index in [0.717, 1.165) is 0 Å². The number of hydrogen-bond acceptors (Lipinski definition) is 1. The summed E-state index contributed by atoms with van der Waals surface area (Å²) in [4.78, 5) is 0. The molecule has 1 aliphatic carbocycles. The van der Waals surface area contributed by atoms with Gasteiger partial charge < -0.3 is 5.32 Å². The van der Waals surface area contributed by atoms with E-state index in [2.05, 4.69) is 17.5 Å². The van der Waals surface area contributed by atoms with Gasteiger partial charge in [0.15, 0.2) is 0 Å². The first kappa shape index (κ1) is 5.48. The minimum absolute atomic E-state index is 0.597. The first-order chi connectivity index (χ1) is 4.41. The van der Waals surface area contributed by atoms with Crippen LogP contribution in [-0.4, -0.2) is 13.1 Å². The SMILES string of the molecule is C1=CC2(CC1)CCNC2. The third-order valence-corrected chi connectivity index (χ3v) is 2.56. The Balaban J connectivity index is 2.13. The van der Waals surface area contributed by atoms with Crippen molar-refractivity contribution in [3.05, 3.63) is 12.2 Å². The molecule has 0 amide bonds. The quantitative estimate of drug-likeness (QED) is 0.479. The lowest BCUT2D eigenvalue weighted by Gasteiger charge is -2.17. The van der Waals surface area contributed by atoms with Crippen LogP contribution in [0.25, 0.3) is 0 Å². The van der Waals surface area contributed by atoms with Gasteiger partial charge in [0.1, 0.15) is 0 Å². The maximum Gasteiger partial charge on any atom is 0.00431 e. The zero-order valence-corrected chi connectivity index (χ0v) is 5.69. The van der Waals surface area contributed by atoms with E-state index in [1.807, 2.05) is 0 Å². The Bertz CT molecular complexity index is 132. The summed E-state index contributed by atoms with van der Waals surface area (Å²) in [5, 5.41) is 3.40. The molecule has 0 bridgehead atoms. The molecule has 0 aromatic carbocycles. The normalized spacial score (nSPS) is 40.9. The van der Waals surface area contributed by atoms with Crippen molar-refractivity contribution < 1.29 is 0 Å². The van der Waals surface area contributed by atoms with Gasteiger partial charge in [0, 0.05) is 12.0 Å². The average Bonchev–Trinajstić information content (AvgIpc) is 2.45. The lowest BCUT2D eigenvalue weighted by Crippen LogP contribution is -2.18. The van der Waals surface area contributed by atoms with Gasteiger partial charge in [0.05, 0.1) is 0 Å². The monoisotopic (exact) mass is 123 g/mol. The molecule has 1 aliphatic heterocycles. The molecule has 1 heteroatoms. The minimum Gasteiger partial charge on any atom is -0.316 e. The van der Waals surface area contributed by atoms with E-state index in [1.54, 1.807) is 0 Å². The second-order valence-corrected chi connectivity index (χ2v) is 3.23. The van der Waals surface area contributed by atoms with Gasteiger partial charge in [0.2, 0.25) is 0 Å². The van der Waals surface area contributed by atoms with Crippen molar-refractivity contribution in [1.29, 1.82) is 0 Å². The smallest absolute Gasteiger partial charge is 0.00431 e. The van der Waals surface area contributed by atoms with Crippen molar-refractivity contribution in [1.82, 2.24) is 5.32 Å². The van der Waals surface area contributed by atoms with Crippen LogP contribution in [-0.2, 0) is 0 Å². The summed E-state index contributed by atoms with van der Waals surface area (Å²) in [7, 11) is 0. The second kappa shape index (κ2) is 1.84. The predicted molar refractivity (Wildman–Crippen MR) is 38.3 cm³/mol. The molecule has 2 rings (SSSR count). The van der Waals surface area contributed by atoms with E-state index < -0.39 is 0 Å². The van der Waals surface area contributed by atoms with Crippen molar-refractivity contribution in [2.45, 2.75) is 19.3 Å². The Morgan fingerprint density at radius 3 is 2.89 bits per heavy atom. The Labute approximate surface area is 56.1 Å². The average molecular weight is 123 g/mol. The fourth-order valence-electron chi connectivity index (χ4n) is 1.91. The van der Waals surface area contributed by atoms with E-state index >= 15 is 0 Å². The highest BCUT2D eigenvalue weighted by molar-refractivity contribution is 5.10. The zero-order chi connectivity index (χ0) is 6.16. The van der Waals surface area contributed by atoms with Gasteiger partial charge in [-0.05, 0) is 25.8 Å². The molecule has 9 heavy (non-hydrogen) atoms. The molecule has 1 heterocycles. The topological polar surface area (TPSA) is 12.0 Å². The van der Waals surface area contributed by atoms with Gasteiger partial charge in [-0.15, -0.1) is 0 Å². The molecule has 1 N–H and O–H groups in total. The second-order valence-electron chi connectivity index (χ2n) is 3.23. The number of nitrogens with one attached hydrogen (secondary N) is 1. The van der Waals surface area contributed by atoms with Crippen LogP contribution in [0.3, 0.4) is 0 Å². The Morgan fingerprint density at radius 2 is 2.33 bits per heavy atom. The molecule has 1 spiro atoms. The van der Waals surface area contributed by atoms with Gasteiger partial charge in [-0.1, -0.05) is 12.2 Å². The Kier molecular flexibility index (Phi) is 1.12. The molecule has 1 fully saturated rings. The Hall–Kier alpha value is -0.300. The van der Waals surface area contributed by atoms with Gasteiger partial charge >= 0.3 is 0 Å². The number of allylic oxidation sites excluding steroid dienone is 1. The number of hydrogen-bond donors (Lipinski definition) is 1. The standard InChI is InChI=1S/C8H13N/c1-2-4-8(3-1)5-6-9-7-8/h1,3,9H,2,4-7H2. The van der Waals surface area contributed by atoms with Crippen LogP contribution in [0, 0.1) is 5.41 Å². The van der Waals surface area contributed by atoms with Crippen LogP contribution in [0.2, 0.25) is 0 Å². The molecule has 2 aliphatic rings. The summed E-state index contributed by atoms with van der Waals surface area (Å²) in [6.45, 7) is 2.45. The molecule has 0 radical (unpaired) electrons. The van der Waals surface area contributed by atoms with Crippen molar-refractivity contribution in [2.24, 2.45) is 5.41 Å². The molecule has 1 unspecified atom stereocenters. The third kappa shape index (κ3) is 0.799. The van der Waals surface area contributed by atoms with Crippen LogP contribution >= 0.6 is 0 Å². The predicted octanol–water partition coefficient (Wildman–Crippen LogP) is 1.32. The van der Waals surface area contributed by atoms with Gasteiger partial charge in [-0.25, -0.2) is 0 Å². The fraction of sp³-hybridized carbons (Fsp3) is 0.750. The maximum absolute atomic E-state index is 3.40. The summed E-state index contributed by atoms with van der Waals surface area (Å²) < 4.78 is 0. The van der Waals surface area contributed by atoms with E-state index in [1.165, 1.54) is 32.4 Å². The Morgan fingerprint density at radius 1 is 1.33 bits per heavy atom. The highest BCUT2D eigenvalue weighted by atomic mass is 14.9. The summed E-state index contributed by atoms with van der Waals surface area (Å²) in [6.07, 6.45) is 8.80. The molecule has 0 aromatic heterocycles. The zero-order valence-electron chi connectivity index (χ0n) is 5.69. The lowest BCUT2D eigenvalue weighted by atomic mass is 9.87. The molecule has 0 saturated carbocycles. The van der Waals surface area contributed by atoms with E-state index in [0.29, 0.717) is 5.41 Å². The first-order valence-corrected chi connectivity index (χ1v) is 3.80. The minimum atomic E-state index is 0.597. The molecular weight excluding hydrogens is 110 g/mol. The molecule has 1 nitrogen and oxygen atoms in total. The van der Waals surface area contributed by atoms with Gasteiger partial charge in [-0.2, -0.15) is 0 Å². The summed E-state index contributed by atoms with van der Waals surface area (Å²) in [5.41, 5.74) is 0.597. The summed E-state index contributed by atoms with van der Waals surface area (Å²) in [5.74, 6) is 0. The molecule has 0 aromatic rings. The fourth-order valence-corrected chi connectivity index (χ4v) is 1.91. The number of rotatable bonds is 0. The summed E-state index contributed by atoms with van der Waals surface area (Å²) in [6, 6.07) is 0. The van der Waals surface area contributed by atoms with Crippen molar-refractivity contribution in [3.63, 3.8) is 0 Å². The highest BCUT2D eigenvalue weighted by Gasteiger charge is 2.32. The van der Waals surface area contributed by atoms with Crippen molar-refractivity contribution in [3.8, 4) is 0 Å². The van der Waals surface area contributed by atoms with Crippen LogP contribution in [0.1, 0.15) is 19.3 Å². The van der Waals surface area contributed by atoms with E-state index in [-0.39, 0.29) is 0 Å². The van der Waals surface area contributed by atoms with Crippen LogP contribution in [0.15, 0.2) is 12.2 Å². The van der Waals surface area contributed by atoms with Crippen LogP contribution < -0.4 is 5.32 Å². The molecular formula is C8H13N. The highest BCUT2D eigenvalue weighted by Crippen LogP contribution is 2.36. The molecule has 1 atom stereocenters. The van der Waals surface area contributed by atoms with Crippen molar-refractivity contribution >= 4 is 0 Å². The van der Waals surface area contributed by atoms with E-state index in [4.69, 9.17) is 0 Å². The maximum atomic E-state index is 3.40. The third-order valence-electron chi connectivity index (χ3n) is 2.56. The lowest BCUT2D eigenvalue weighted by molar-refractivity contribution is 0.418. The summed E-state index contributed by atoms with van der Waals surface area (Å²) >= 11 is 0.